The fraction of sp³-hybridized carbons (Fsp3) is 0.0909. The third-order valence-corrected chi connectivity index (χ3v) is 2.43. The van der Waals surface area contributed by atoms with Gasteiger partial charge < -0.3 is 10.8 Å². The minimum Gasteiger partial charge on any atom is -0.478 e. The molecule has 0 saturated carbocycles. The second-order valence-electron chi connectivity index (χ2n) is 3.66. The van der Waals surface area contributed by atoms with Crippen molar-refractivity contribution < 1.29 is 23.1 Å². The molecule has 0 fully saturated rings. The number of benzene rings is 1. The maximum Gasteiger partial charge on any atom is 0.338 e. The predicted molar refractivity (Wildman–Crippen MR) is 59.9 cm³/mol. The van der Waals surface area contributed by atoms with E-state index >= 15 is 0 Å². The summed E-state index contributed by atoms with van der Waals surface area (Å²) in [5.74, 6) is -2.54. The predicted octanol–water partition coefficient (Wildman–Crippen LogP) is 2.23. The Kier molecular flexibility index (Phi) is 3.16. The van der Waals surface area contributed by atoms with Crippen LogP contribution in [0.25, 0.3) is 5.69 Å². The lowest BCUT2D eigenvalue weighted by Gasteiger charge is -2.05. The first-order valence-electron chi connectivity index (χ1n) is 5.07. The third-order valence-electron chi connectivity index (χ3n) is 2.43. The summed E-state index contributed by atoms with van der Waals surface area (Å²) in [4.78, 5) is 10.8. The van der Waals surface area contributed by atoms with E-state index in [0.717, 1.165) is 16.9 Å². The molecule has 5 nitrogen and oxygen atoms in total. The number of hydrogen-bond acceptors (Lipinski definition) is 3. The Hall–Kier alpha value is -2.51. The lowest BCUT2D eigenvalue weighted by molar-refractivity contribution is 0.0691. The number of carboxylic acid groups (broad SMARTS) is 1. The van der Waals surface area contributed by atoms with Gasteiger partial charge in [-0.2, -0.15) is 5.10 Å². The Morgan fingerprint density at radius 2 is 2.11 bits per heavy atom. The van der Waals surface area contributed by atoms with E-state index in [-0.39, 0.29) is 11.4 Å². The quantitative estimate of drug-likeness (QED) is 0.896. The van der Waals surface area contributed by atoms with Crippen LogP contribution in [0.2, 0.25) is 0 Å². The summed E-state index contributed by atoms with van der Waals surface area (Å²) in [6, 6.07) is 3.55. The lowest BCUT2D eigenvalue weighted by Crippen LogP contribution is -2.06. The number of aromatic nitrogens is 2. The molecular formula is C11H8F3N3O2. The zero-order valence-electron chi connectivity index (χ0n) is 9.35. The minimum atomic E-state index is -2.90. The molecule has 100 valence electrons. The highest BCUT2D eigenvalue weighted by Crippen LogP contribution is 2.25. The van der Waals surface area contributed by atoms with Gasteiger partial charge in [0, 0.05) is 0 Å². The molecule has 3 N–H and O–H groups in total. The van der Waals surface area contributed by atoms with Crippen molar-refractivity contribution in [2.24, 2.45) is 0 Å². The highest BCUT2D eigenvalue weighted by molar-refractivity contribution is 5.88. The van der Waals surface area contributed by atoms with Crippen molar-refractivity contribution in [1.82, 2.24) is 9.78 Å². The van der Waals surface area contributed by atoms with E-state index in [2.05, 4.69) is 5.10 Å². The smallest absolute Gasteiger partial charge is 0.338 e. The molecule has 0 aliphatic rings. The number of nitrogens with two attached hydrogens (primary N) is 1. The van der Waals surface area contributed by atoms with Crippen LogP contribution in [0.4, 0.5) is 18.9 Å². The molecule has 0 saturated heterocycles. The van der Waals surface area contributed by atoms with Crippen LogP contribution in [0.15, 0.2) is 24.4 Å². The summed E-state index contributed by atoms with van der Waals surface area (Å²) in [6.45, 7) is 0. The van der Waals surface area contributed by atoms with Gasteiger partial charge in [0.05, 0.1) is 17.4 Å². The minimum absolute atomic E-state index is 0.265. The van der Waals surface area contributed by atoms with Gasteiger partial charge in [-0.05, 0) is 12.1 Å². The highest BCUT2D eigenvalue weighted by atomic mass is 19.3. The van der Waals surface area contributed by atoms with Crippen molar-refractivity contribution in [2.75, 3.05) is 5.73 Å². The van der Waals surface area contributed by atoms with E-state index in [1.807, 2.05) is 0 Å². The van der Waals surface area contributed by atoms with Crippen LogP contribution < -0.4 is 5.73 Å². The number of rotatable bonds is 3. The first kappa shape index (κ1) is 12.9. The third kappa shape index (κ3) is 2.24. The summed E-state index contributed by atoms with van der Waals surface area (Å²) in [5, 5.41) is 12.2. The van der Waals surface area contributed by atoms with Crippen LogP contribution in [0.1, 0.15) is 22.5 Å². The molecule has 19 heavy (non-hydrogen) atoms. The summed E-state index contributed by atoms with van der Waals surface area (Å²) in [5.41, 5.74) is 3.51. The molecule has 8 heteroatoms. The van der Waals surface area contributed by atoms with Crippen LogP contribution >= 0.6 is 0 Å². The van der Waals surface area contributed by atoms with E-state index in [1.54, 1.807) is 0 Å². The number of nitrogens with zero attached hydrogens (tertiary/aromatic N) is 2. The zero-order valence-corrected chi connectivity index (χ0v) is 9.35. The number of anilines is 1. The molecule has 0 aliphatic heterocycles. The lowest BCUT2D eigenvalue weighted by atomic mass is 10.2. The Morgan fingerprint density at radius 3 is 2.63 bits per heavy atom. The molecule has 0 atom stereocenters. The van der Waals surface area contributed by atoms with Crippen molar-refractivity contribution >= 4 is 11.7 Å². The number of aromatic carboxylic acids is 1. The molecule has 1 aromatic carbocycles. The van der Waals surface area contributed by atoms with Gasteiger partial charge >= 0.3 is 5.97 Å². The average Bonchev–Trinajstić information content (AvgIpc) is 2.71. The normalized spacial score (nSPS) is 10.9. The number of hydrogen-bond donors (Lipinski definition) is 2. The number of carbonyl (C=O) groups is 1. The first-order valence-corrected chi connectivity index (χ1v) is 5.07. The molecule has 0 unspecified atom stereocenters. The monoisotopic (exact) mass is 271 g/mol. The summed E-state index contributed by atoms with van der Waals surface area (Å²) in [6.07, 6.45) is -1.89. The molecule has 1 heterocycles. The SMILES string of the molecule is Nc1cn(-c2cccc(C(=O)O)c2F)nc1C(F)F. The molecular weight excluding hydrogens is 263 g/mol. The van der Waals surface area contributed by atoms with Gasteiger partial charge in [0.25, 0.3) is 6.43 Å². The number of carboxylic acids is 1. The van der Waals surface area contributed by atoms with E-state index in [4.69, 9.17) is 10.8 Å². The van der Waals surface area contributed by atoms with E-state index < -0.39 is 29.5 Å². The summed E-state index contributed by atoms with van der Waals surface area (Å²) >= 11 is 0. The Morgan fingerprint density at radius 1 is 1.42 bits per heavy atom. The Bertz CT molecular complexity index is 640. The van der Waals surface area contributed by atoms with Gasteiger partial charge in [-0.15, -0.1) is 0 Å². The zero-order chi connectivity index (χ0) is 14.2. The van der Waals surface area contributed by atoms with Gasteiger partial charge in [-0.1, -0.05) is 6.07 Å². The van der Waals surface area contributed by atoms with E-state index in [0.29, 0.717) is 0 Å². The molecule has 2 aromatic rings. The Balaban J connectivity index is 2.56. The van der Waals surface area contributed by atoms with Crippen LogP contribution in [0, 0.1) is 5.82 Å². The van der Waals surface area contributed by atoms with Crippen LogP contribution in [-0.2, 0) is 0 Å². The molecule has 0 bridgehead atoms. The first-order chi connectivity index (χ1) is 8.91. The van der Waals surface area contributed by atoms with Crippen LogP contribution in [-0.4, -0.2) is 20.9 Å². The van der Waals surface area contributed by atoms with E-state index in [9.17, 15) is 18.0 Å². The number of nitrogen functional groups attached to an aromatic ring is 1. The molecule has 0 aliphatic carbocycles. The van der Waals surface area contributed by atoms with Crippen LogP contribution in [0.5, 0.6) is 0 Å². The number of alkyl halides is 2. The van der Waals surface area contributed by atoms with Crippen molar-refractivity contribution in [3.05, 3.63) is 41.5 Å². The maximum absolute atomic E-state index is 13.9. The molecule has 0 amide bonds. The highest BCUT2D eigenvalue weighted by Gasteiger charge is 2.20. The van der Waals surface area contributed by atoms with E-state index in [1.165, 1.54) is 12.1 Å². The topological polar surface area (TPSA) is 81.1 Å². The standard InChI is InChI=1S/C11H8F3N3O2/c12-8-5(11(18)19)2-1-3-7(8)17-4-6(15)9(16-17)10(13)14/h1-4,10H,15H2,(H,18,19). The molecule has 0 spiro atoms. The largest absolute Gasteiger partial charge is 0.478 e. The van der Waals surface area contributed by atoms with Gasteiger partial charge in [0.1, 0.15) is 5.69 Å². The van der Waals surface area contributed by atoms with Gasteiger partial charge in [0.15, 0.2) is 11.5 Å². The summed E-state index contributed by atoms with van der Waals surface area (Å²) in [7, 11) is 0. The Labute approximate surface area is 105 Å². The van der Waals surface area contributed by atoms with Gasteiger partial charge in [0.2, 0.25) is 0 Å². The second kappa shape index (κ2) is 4.63. The fourth-order valence-electron chi connectivity index (χ4n) is 1.56. The van der Waals surface area contributed by atoms with Crippen LogP contribution in [0.3, 0.4) is 0 Å². The molecule has 1 aromatic heterocycles. The average molecular weight is 271 g/mol. The fourth-order valence-corrected chi connectivity index (χ4v) is 1.56. The van der Waals surface area contributed by atoms with Crippen molar-refractivity contribution in [3.63, 3.8) is 0 Å². The van der Waals surface area contributed by atoms with Gasteiger partial charge in [-0.25, -0.2) is 22.6 Å². The summed E-state index contributed by atoms with van der Waals surface area (Å²) < 4.78 is 39.7. The maximum atomic E-state index is 13.9. The van der Waals surface area contributed by atoms with Crippen molar-refractivity contribution in [2.45, 2.75) is 6.43 Å². The van der Waals surface area contributed by atoms with Gasteiger partial charge in [-0.3, -0.25) is 0 Å². The number of halogens is 3. The van der Waals surface area contributed by atoms with Crippen molar-refractivity contribution in [3.8, 4) is 5.69 Å². The second-order valence-corrected chi connectivity index (χ2v) is 3.66. The molecule has 0 radical (unpaired) electrons. The molecule has 2 rings (SSSR count). The van der Waals surface area contributed by atoms with Crippen molar-refractivity contribution in [1.29, 1.82) is 0 Å².